The third kappa shape index (κ3) is 6.87. The van der Waals surface area contributed by atoms with Gasteiger partial charge in [0.15, 0.2) is 0 Å². The summed E-state index contributed by atoms with van der Waals surface area (Å²) in [6.07, 6.45) is 4.74. The van der Waals surface area contributed by atoms with Gasteiger partial charge >= 0.3 is 11.9 Å². The number of aryl methyl sites for hydroxylation is 1. The molecular formula is C28H26ClNO6S. The lowest BCUT2D eigenvalue weighted by Crippen LogP contribution is -2.32. The summed E-state index contributed by atoms with van der Waals surface area (Å²) in [6.45, 7) is 1.83. The van der Waals surface area contributed by atoms with Crippen LogP contribution in [0.2, 0.25) is 5.02 Å². The van der Waals surface area contributed by atoms with E-state index in [4.69, 9.17) is 21.1 Å². The van der Waals surface area contributed by atoms with Crippen LogP contribution >= 0.6 is 11.6 Å². The molecule has 0 N–H and O–H groups in total. The van der Waals surface area contributed by atoms with Crippen LogP contribution < -0.4 is 4.31 Å². The smallest absolute Gasteiger partial charge is 0.345 e. The third-order valence-electron chi connectivity index (χ3n) is 5.38. The number of hydrogen-bond acceptors (Lipinski definition) is 6. The molecular weight excluding hydrogens is 514 g/mol. The topological polar surface area (TPSA) is 90.0 Å². The minimum absolute atomic E-state index is 0.0323. The number of esters is 2. The molecule has 3 rings (SSSR count). The highest BCUT2D eigenvalue weighted by Crippen LogP contribution is 2.29. The van der Waals surface area contributed by atoms with E-state index in [1.165, 1.54) is 22.5 Å². The first-order chi connectivity index (χ1) is 17.7. The van der Waals surface area contributed by atoms with Crippen molar-refractivity contribution in [2.75, 3.05) is 25.1 Å². The molecule has 0 aliphatic carbocycles. The summed E-state index contributed by atoms with van der Waals surface area (Å²) in [4.78, 5) is 24.6. The molecule has 0 aromatic heterocycles. The highest BCUT2D eigenvalue weighted by atomic mass is 35.5. The van der Waals surface area contributed by atoms with E-state index in [0.29, 0.717) is 10.6 Å². The Balaban J connectivity index is 2.14. The van der Waals surface area contributed by atoms with Crippen LogP contribution in [0.3, 0.4) is 0 Å². The Morgan fingerprint density at radius 2 is 1.49 bits per heavy atom. The fourth-order valence-electron chi connectivity index (χ4n) is 3.44. The Morgan fingerprint density at radius 3 is 2.08 bits per heavy atom. The average molecular weight is 540 g/mol. The lowest BCUT2D eigenvalue weighted by molar-refractivity contribution is -0.143. The lowest BCUT2D eigenvalue weighted by Gasteiger charge is -2.25. The highest BCUT2D eigenvalue weighted by Gasteiger charge is 2.27. The first-order valence-corrected chi connectivity index (χ1v) is 13.0. The predicted octanol–water partition coefficient (Wildman–Crippen LogP) is 5.29. The lowest BCUT2D eigenvalue weighted by atomic mass is 10.1. The van der Waals surface area contributed by atoms with Crippen molar-refractivity contribution in [2.24, 2.45) is 0 Å². The monoisotopic (exact) mass is 539 g/mol. The molecule has 0 bridgehead atoms. The van der Waals surface area contributed by atoms with Gasteiger partial charge in [-0.3, -0.25) is 4.31 Å². The van der Waals surface area contributed by atoms with Gasteiger partial charge in [-0.05, 0) is 54.5 Å². The fourth-order valence-corrected chi connectivity index (χ4v) is 5.00. The molecule has 3 aromatic carbocycles. The zero-order chi connectivity index (χ0) is 27.0. The standard InChI is InChI=1S/C28H26ClNO6S/c1-20-10-16-24(17-11-20)37(33,34)30(18-6-7-21-12-14-23(29)15-13-21)26-9-5-4-8-22(26)19-25(27(31)35-2)28(32)36-3/h4-17,19H,18H2,1-3H3/b7-6-. The van der Waals surface area contributed by atoms with E-state index in [1.807, 2.05) is 19.1 Å². The molecule has 0 heterocycles. The van der Waals surface area contributed by atoms with Crippen molar-refractivity contribution >= 4 is 51.4 Å². The largest absolute Gasteiger partial charge is 0.465 e. The second-order valence-electron chi connectivity index (χ2n) is 7.90. The molecule has 3 aromatic rings. The van der Waals surface area contributed by atoms with Gasteiger partial charge in [0.2, 0.25) is 0 Å². The molecule has 0 spiro atoms. The van der Waals surface area contributed by atoms with E-state index in [0.717, 1.165) is 25.3 Å². The first kappa shape index (κ1) is 27.7. The van der Waals surface area contributed by atoms with Crippen LogP contribution in [-0.4, -0.2) is 41.1 Å². The van der Waals surface area contributed by atoms with Gasteiger partial charge in [0.05, 0.1) is 31.3 Å². The van der Waals surface area contributed by atoms with Gasteiger partial charge in [-0.15, -0.1) is 0 Å². The number of ether oxygens (including phenoxy) is 2. The van der Waals surface area contributed by atoms with Crippen molar-refractivity contribution in [2.45, 2.75) is 11.8 Å². The van der Waals surface area contributed by atoms with Crippen LogP contribution in [-0.2, 0) is 29.1 Å². The summed E-state index contributed by atoms with van der Waals surface area (Å²) in [5.74, 6) is -1.81. The molecule has 0 amide bonds. The summed E-state index contributed by atoms with van der Waals surface area (Å²) in [6, 6.07) is 20.1. The number of carbonyl (C=O) groups excluding carboxylic acids is 2. The number of sulfonamides is 1. The quantitative estimate of drug-likeness (QED) is 0.159. The first-order valence-electron chi connectivity index (χ1n) is 11.2. The number of carbonyl (C=O) groups is 2. The van der Waals surface area contributed by atoms with Crippen molar-refractivity contribution in [1.29, 1.82) is 0 Å². The Labute approximate surface area is 221 Å². The van der Waals surface area contributed by atoms with Crippen LogP contribution in [0.15, 0.2) is 89.3 Å². The van der Waals surface area contributed by atoms with Crippen molar-refractivity contribution in [3.8, 4) is 0 Å². The van der Waals surface area contributed by atoms with Crippen molar-refractivity contribution in [1.82, 2.24) is 0 Å². The summed E-state index contributed by atoms with van der Waals surface area (Å²) < 4.78 is 38.3. The second-order valence-corrected chi connectivity index (χ2v) is 10.2. The summed E-state index contributed by atoms with van der Waals surface area (Å²) >= 11 is 5.96. The molecule has 7 nitrogen and oxygen atoms in total. The predicted molar refractivity (Wildman–Crippen MR) is 145 cm³/mol. The minimum atomic E-state index is -4.04. The molecule has 9 heteroatoms. The van der Waals surface area contributed by atoms with Gasteiger partial charge in [-0.2, -0.15) is 0 Å². The number of halogens is 1. The second kappa shape index (κ2) is 12.4. The van der Waals surface area contributed by atoms with E-state index < -0.39 is 22.0 Å². The van der Waals surface area contributed by atoms with Crippen LogP contribution in [0.5, 0.6) is 0 Å². The number of anilines is 1. The third-order valence-corrected chi connectivity index (χ3v) is 7.42. The van der Waals surface area contributed by atoms with Gasteiger partial charge in [-0.25, -0.2) is 18.0 Å². The van der Waals surface area contributed by atoms with Crippen molar-refractivity contribution < 1.29 is 27.5 Å². The van der Waals surface area contributed by atoms with Gasteiger partial charge < -0.3 is 9.47 Å². The number of benzene rings is 3. The van der Waals surface area contributed by atoms with E-state index in [1.54, 1.807) is 60.7 Å². The van der Waals surface area contributed by atoms with Crippen LogP contribution in [0, 0.1) is 6.92 Å². The maximum absolute atomic E-state index is 13.8. The summed E-state index contributed by atoms with van der Waals surface area (Å²) in [5.41, 5.74) is 1.95. The molecule has 0 saturated heterocycles. The van der Waals surface area contributed by atoms with Crippen LogP contribution in [0.25, 0.3) is 12.2 Å². The van der Waals surface area contributed by atoms with E-state index in [9.17, 15) is 18.0 Å². The number of nitrogens with zero attached hydrogens (tertiary/aromatic N) is 1. The van der Waals surface area contributed by atoms with Gasteiger partial charge in [0, 0.05) is 5.02 Å². The zero-order valence-electron chi connectivity index (χ0n) is 20.6. The molecule has 0 aliphatic heterocycles. The summed E-state index contributed by atoms with van der Waals surface area (Å²) in [5, 5.41) is 0.591. The molecule has 0 fully saturated rings. The molecule has 192 valence electrons. The zero-order valence-corrected chi connectivity index (χ0v) is 22.1. The molecule has 0 saturated carbocycles. The molecule has 37 heavy (non-hydrogen) atoms. The molecule has 0 radical (unpaired) electrons. The molecule has 0 unspecified atom stereocenters. The van der Waals surface area contributed by atoms with Gasteiger partial charge in [-0.1, -0.05) is 71.8 Å². The van der Waals surface area contributed by atoms with E-state index >= 15 is 0 Å². The normalized spacial score (nSPS) is 11.1. The van der Waals surface area contributed by atoms with Crippen molar-refractivity contribution in [3.05, 3.63) is 106 Å². The van der Waals surface area contributed by atoms with Crippen molar-refractivity contribution in [3.63, 3.8) is 0 Å². The SMILES string of the molecule is COC(=O)C(=Cc1ccccc1N(C/C=C\c1ccc(Cl)cc1)S(=O)(=O)c1ccc(C)cc1)C(=O)OC. The molecule has 0 atom stereocenters. The van der Waals surface area contributed by atoms with Crippen LogP contribution in [0.1, 0.15) is 16.7 Å². The highest BCUT2D eigenvalue weighted by molar-refractivity contribution is 7.92. The maximum atomic E-state index is 13.8. The Morgan fingerprint density at radius 1 is 0.892 bits per heavy atom. The maximum Gasteiger partial charge on any atom is 0.345 e. The van der Waals surface area contributed by atoms with Gasteiger partial charge in [0.1, 0.15) is 5.57 Å². The minimum Gasteiger partial charge on any atom is -0.465 e. The average Bonchev–Trinajstić information content (AvgIpc) is 2.90. The number of hydrogen-bond donors (Lipinski definition) is 0. The Kier molecular flexibility index (Phi) is 9.27. The number of methoxy groups -OCH3 is 2. The number of para-hydroxylation sites is 1. The van der Waals surface area contributed by atoms with E-state index in [2.05, 4.69) is 0 Å². The van der Waals surface area contributed by atoms with Crippen LogP contribution in [0.4, 0.5) is 5.69 Å². The Hall–Kier alpha value is -3.88. The van der Waals surface area contributed by atoms with E-state index in [-0.39, 0.29) is 22.7 Å². The van der Waals surface area contributed by atoms with Gasteiger partial charge in [0.25, 0.3) is 10.0 Å². The molecule has 0 aliphatic rings. The Bertz CT molecular complexity index is 1410. The number of rotatable bonds is 9. The summed E-state index contributed by atoms with van der Waals surface area (Å²) in [7, 11) is -1.76. The fraction of sp³-hybridized carbons (Fsp3) is 0.143.